The Morgan fingerprint density at radius 3 is 2.74 bits per heavy atom. The highest BCUT2D eigenvalue weighted by atomic mass is 16.5. The average molecular weight is 371 g/mol. The second-order valence-electron chi connectivity index (χ2n) is 6.77. The van der Waals surface area contributed by atoms with E-state index in [1.165, 1.54) is 0 Å². The number of morpholine rings is 1. The maximum atomic E-state index is 13.0. The van der Waals surface area contributed by atoms with Crippen molar-refractivity contribution in [2.45, 2.75) is 38.8 Å². The molecule has 0 radical (unpaired) electrons. The number of carbonyl (C=O) groups is 1. The smallest absolute Gasteiger partial charge is 0.345 e. The molecule has 2 atom stereocenters. The zero-order valence-electron chi connectivity index (χ0n) is 15.6. The molecule has 1 saturated heterocycles. The van der Waals surface area contributed by atoms with Gasteiger partial charge in [-0.2, -0.15) is 4.98 Å². The van der Waals surface area contributed by atoms with Crippen molar-refractivity contribution in [3.05, 3.63) is 63.3 Å². The van der Waals surface area contributed by atoms with Crippen molar-refractivity contribution < 1.29 is 14.6 Å². The van der Waals surface area contributed by atoms with Gasteiger partial charge in [0.2, 0.25) is 5.91 Å². The number of amides is 1. The molecule has 0 bridgehead atoms. The molecule has 0 spiro atoms. The van der Waals surface area contributed by atoms with Crippen LogP contribution in [-0.4, -0.2) is 51.7 Å². The van der Waals surface area contributed by atoms with E-state index in [4.69, 9.17) is 4.74 Å². The topological polar surface area (TPSA) is 95.5 Å². The minimum absolute atomic E-state index is 0.00407. The molecular weight excluding hydrogens is 346 g/mol. The summed E-state index contributed by atoms with van der Waals surface area (Å²) in [5.41, 5.74) is 2.87. The van der Waals surface area contributed by atoms with Crippen molar-refractivity contribution in [3.8, 4) is 0 Å². The van der Waals surface area contributed by atoms with Crippen molar-refractivity contribution in [1.82, 2.24) is 14.9 Å². The van der Waals surface area contributed by atoms with Crippen LogP contribution in [0.3, 0.4) is 0 Å². The monoisotopic (exact) mass is 371 g/mol. The van der Waals surface area contributed by atoms with Crippen LogP contribution in [0.25, 0.3) is 0 Å². The van der Waals surface area contributed by atoms with E-state index < -0.39 is 6.10 Å². The van der Waals surface area contributed by atoms with Crippen LogP contribution in [-0.2, 0) is 16.0 Å². The molecular formula is C20H25N3O4. The minimum atomic E-state index is -0.441. The number of aromatic amines is 1. The summed E-state index contributed by atoms with van der Waals surface area (Å²) in [7, 11) is 0. The third kappa shape index (κ3) is 4.26. The molecule has 144 valence electrons. The van der Waals surface area contributed by atoms with Gasteiger partial charge < -0.3 is 19.7 Å². The van der Waals surface area contributed by atoms with Crippen molar-refractivity contribution in [2.75, 3.05) is 19.8 Å². The number of hydrogen-bond donors (Lipinski definition) is 2. The molecule has 1 amide bonds. The second-order valence-corrected chi connectivity index (χ2v) is 6.77. The molecule has 1 aliphatic heterocycles. The Balaban J connectivity index is 1.79. The predicted octanol–water partition coefficient (Wildman–Crippen LogP) is 1.28. The van der Waals surface area contributed by atoms with Crippen LogP contribution >= 0.6 is 0 Å². The lowest BCUT2D eigenvalue weighted by molar-refractivity contribution is -0.149. The van der Waals surface area contributed by atoms with Gasteiger partial charge in [-0.05, 0) is 31.4 Å². The zero-order chi connectivity index (χ0) is 19.4. The van der Waals surface area contributed by atoms with E-state index in [1.807, 2.05) is 37.3 Å². The highest BCUT2D eigenvalue weighted by Crippen LogP contribution is 2.30. The van der Waals surface area contributed by atoms with Crippen molar-refractivity contribution >= 4 is 5.91 Å². The number of aromatic nitrogens is 2. The number of benzene rings is 1. The highest BCUT2D eigenvalue weighted by Gasteiger charge is 2.35. The largest absolute Gasteiger partial charge is 0.394 e. The van der Waals surface area contributed by atoms with Crippen LogP contribution in [0.2, 0.25) is 0 Å². The first kappa shape index (κ1) is 19.3. The van der Waals surface area contributed by atoms with Gasteiger partial charge in [0.1, 0.15) is 6.10 Å². The number of nitrogens with zero attached hydrogens (tertiary/aromatic N) is 2. The Hall–Kier alpha value is -2.51. The van der Waals surface area contributed by atoms with E-state index >= 15 is 0 Å². The third-order valence-electron chi connectivity index (χ3n) is 5.04. The molecule has 3 rings (SSSR count). The van der Waals surface area contributed by atoms with Gasteiger partial charge in [-0.3, -0.25) is 4.79 Å². The number of aliphatic hydroxyl groups is 1. The van der Waals surface area contributed by atoms with Gasteiger partial charge in [0.15, 0.2) is 0 Å². The molecule has 7 nitrogen and oxygen atoms in total. The van der Waals surface area contributed by atoms with Gasteiger partial charge >= 0.3 is 5.69 Å². The molecule has 7 heteroatoms. The molecule has 0 aliphatic carbocycles. The van der Waals surface area contributed by atoms with Crippen molar-refractivity contribution in [1.29, 1.82) is 0 Å². The fourth-order valence-electron chi connectivity index (χ4n) is 3.71. The Kier molecular flexibility index (Phi) is 6.03. The van der Waals surface area contributed by atoms with E-state index in [2.05, 4.69) is 9.97 Å². The Labute approximate surface area is 158 Å². The van der Waals surface area contributed by atoms with E-state index in [9.17, 15) is 14.7 Å². The van der Waals surface area contributed by atoms with Crippen LogP contribution in [0.15, 0.2) is 35.1 Å². The number of aliphatic hydroxyl groups excluding tert-OH is 1. The minimum Gasteiger partial charge on any atom is -0.394 e. The van der Waals surface area contributed by atoms with E-state index in [-0.39, 0.29) is 24.2 Å². The van der Waals surface area contributed by atoms with E-state index in [1.54, 1.807) is 11.8 Å². The molecule has 2 aromatic rings. The number of carbonyl (C=O) groups excluding carboxylic acids is 1. The average Bonchev–Trinajstić information content (AvgIpc) is 2.67. The van der Waals surface area contributed by atoms with Gasteiger partial charge in [0.05, 0.1) is 19.3 Å². The first-order valence-electron chi connectivity index (χ1n) is 9.14. The summed E-state index contributed by atoms with van der Waals surface area (Å²) >= 11 is 0. The van der Waals surface area contributed by atoms with E-state index in [0.717, 1.165) is 16.8 Å². The maximum absolute atomic E-state index is 13.0. The molecule has 2 heterocycles. The molecule has 0 unspecified atom stereocenters. The van der Waals surface area contributed by atoms with Crippen molar-refractivity contribution in [2.24, 2.45) is 0 Å². The summed E-state index contributed by atoms with van der Waals surface area (Å²) in [4.78, 5) is 32.8. The fraction of sp³-hybridized carbons (Fsp3) is 0.450. The van der Waals surface area contributed by atoms with Gasteiger partial charge in [0.25, 0.3) is 0 Å². The number of aryl methyl sites for hydroxylation is 2. The SMILES string of the molecule is Cc1nc(=O)[nH]c(C)c1CCC(=O)N1CCO[C@H](CO)[C@H]1c1ccccc1. The fourth-order valence-corrected chi connectivity index (χ4v) is 3.71. The van der Waals surface area contributed by atoms with Gasteiger partial charge in [-0.15, -0.1) is 0 Å². The third-order valence-corrected chi connectivity index (χ3v) is 5.04. The summed E-state index contributed by atoms with van der Waals surface area (Å²) < 4.78 is 5.70. The number of nitrogens with one attached hydrogen (secondary N) is 1. The molecule has 1 aromatic carbocycles. The normalized spacial score (nSPS) is 19.9. The first-order chi connectivity index (χ1) is 13.0. The number of rotatable bonds is 5. The molecule has 1 aliphatic rings. The quantitative estimate of drug-likeness (QED) is 0.826. The lowest BCUT2D eigenvalue weighted by atomic mass is 9.97. The summed E-state index contributed by atoms with van der Waals surface area (Å²) in [6, 6.07) is 9.33. The van der Waals surface area contributed by atoms with Gasteiger partial charge in [-0.25, -0.2) is 4.79 Å². The molecule has 2 N–H and O–H groups in total. The summed E-state index contributed by atoms with van der Waals surface area (Å²) in [6.07, 6.45) is 0.364. The van der Waals surface area contributed by atoms with Crippen LogP contribution in [0.1, 0.15) is 35.0 Å². The van der Waals surface area contributed by atoms with Crippen LogP contribution in [0.5, 0.6) is 0 Å². The van der Waals surface area contributed by atoms with Gasteiger partial charge in [-0.1, -0.05) is 30.3 Å². The summed E-state index contributed by atoms with van der Waals surface area (Å²) in [5.74, 6) is -0.00407. The standard InChI is InChI=1S/C20H25N3O4/c1-13-16(14(2)22-20(26)21-13)8-9-18(25)23-10-11-27-17(12-24)19(23)15-6-4-3-5-7-15/h3-7,17,19,24H,8-12H2,1-2H3,(H,21,22,26)/t17-,19-/m1/s1. The van der Waals surface area contributed by atoms with E-state index in [0.29, 0.717) is 31.7 Å². The lowest BCUT2D eigenvalue weighted by Crippen LogP contribution is -2.49. The lowest BCUT2D eigenvalue weighted by Gasteiger charge is -2.41. The zero-order valence-corrected chi connectivity index (χ0v) is 15.6. The number of ether oxygens (including phenoxy) is 1. The number of H-pyrrole nitrogens is 1. The van der Waals surface area contributed by atoms with Crippen LogP contribution < -0.4 is 5.69 Å². The highest BCUT2D eigenvalue weighted by molar-refractivity contribution is 5.77. The summed E-state index contributed by atoms with van der Waals surface area (Å²) in [5, 5.41) is 9.72. The summed E-state index contributed by atoms with van der Waals surface area (Å²) in [6.45, 7) is 4.34. The van der Waals surface area contributed by atoms with Crippen molar-refractivity contribution in [3.63, 3.8) is 0 Å². The van der Waals surface area contributed by atoms with Crippen LogP contribution in [0.4, 0.5) is 0 Å². The number of hydrogen-bond acceptors (Lipinski definition) is 5. The predicted molar refractivity (Wildman–Crippen MR) is 100 cm³/mol. The Morgan fingerprint density at radius 2 is 2.07 bits per heavy atom. The Morgan fingerprint density at radius 1 is 1.33 bits per heavy atom. The Bertz CT molecular complexity index is 824. The molecule has 1 fully saturated rings. The maximum Gasteiger partial charge on any atom is 0.345 e. The molecule has 1 aromatic heterocycles. The molecule has 0 saturated carbocycles. The van der Waals surface area contributed by atoms with Crippen LogP contribution in [0, 0.1) is 13.8 Å². The second kappa shape index (κ2) is 8.45. The molecule has 27 heavy (non-hydrogen) atoms. The van der Waals surface area contributed by atoms with Gasteiger partial charge in [0, 0.05) is 24.4 Å². The first-order valence-corrected chi connectivity index (χ1v) is 9.14.